The molecule has 1 saturated heterocycles. The Bertz CT molecular complexity index is 743. The van der Waals surface area contributed by atoms with Gasteiger partial charge in [0.05, 0.1) is 19.6 Å². The quantitative estimate of drug-likeness (QED) is 0.750. The molecule has 8 heteroatoms. The minimum atomic E-state index is -0.258. The molecule has 7 nitrogen and oxygen atoms in total. The summed E-state index contributed by atoms with van der Waals surface area (Å²) in [5.41, 5.74) is 0.874. The van der Waals surface area contributed by atoms with Gasteiger partial charge in [0.2, 0.25) is 11.8 Å². The first-order chi connectivity index (χ1) is 13.1. The highest BCUT2D eigenvalue weighted by Gasteiger charge is 2.24. The van der Waals surface area contributed by atoms with Crippen LogP contribution in [0, 0.1) is 0 Å². The molecule has 1 atom stereocenters. The van der Waals surface area contributed by atoms with Gasteiger partial charge in [0.1, 0.15) is 12.3 Å². The predicted octanol–water partition coefficient (Wildman–Crippen LogP) is 2.34. The minimum absolute atomic E-state index is 0.0162. The van der Waals surface area contributed by atoms with Crippen LogP contribution >= 0.6 is 11.3 Å². The Morgan fingerprint density at radius 3 is 2.81 bits per heavy atom. The number of nitrogens with one attached hydrogen (secondary N) is 1. The Morgan fingerprint density at radius 1 is 1.37 bits per heavy atom. The lowest BCUT2D eigenvalue weighted by molar-refractivity contribution is -0.135. The first-order valence-corrected chi connectivity index (χ1v) is 9.73. The second-order valence-electron chi connectivity index (χ2n) is 6.32. The number of hydrogen-bond donors (Lipinski definition) is 1. The molecule has 0 spiro atoms. The van der Waals surface area contributed by atoms with Gasteiger partial charge in [-0.15, -0.1) is 11.3 Å². The number of ether oxygens (including phenoxy) is 2. The molecule has 1 N–H and O–H groups in total. The van der Waals surface area contributed by atoms with E-state index in [1.165, 1.54) is 11.3 Å². The smallest absolute Gasteiger partial charge is 0.245 e. The number of carbonyl (C=O) groups is 2. The van der Waals surface area contributed by atoms with Gasteiger partial charge in [0, 0.05) is 24.7 Å². The third kappa shape index (κ3) is 5.77. The van der Waals surface area contributed by atoms with Crippen LogP contribution in [0.25, 0.3) is 0 Å². The van der Waals surface area contributed by atoms with Gasteiger partial charge in [-0.3, -0.25) is 9.59 Å². The molecule has 1 aliphatic heterocycles. The Morgan fingerprint density at radius 2 is 2.19 bits per heavy atom. The second-order valence-corrected chi connectivity index (χ2v) is 7.21. The molecule has 144 valence electrons. The van der Waals surface area contributed by atoms with Crippen molar-refractivity contribution in [3.05, 3.63) is 41.4 Å². The zero-order chi connectivity index (χ0) is 19.1. The van der Waals surface area contributed by atoms with E-state index < -0.39 is 0 Å². The molecular weight excluding hydrogens is 366 g/mol. The summed E-state index contributed by atoms with van der Waals surface area (Å²) in [7, 11) is 1.60. The fraction of sp³-hybridized carbons (Fsp3) is 0.421. The van der Waals surface area contributed by atoms with Crippen LogP contribution in [0.1, 0.15) is 18.4 Å². The maximum Gasteiger partial charge on any atom is 0.245 e. The van der Waals surface area contributed by atoms with Gasteiger partial charge in [0.15, 0.2) is 5.13 Å². The van der Waals surface area contributed by atoms with Crippen molar-refractivity contribution in [3.63, 3.8) is 0 Å². The van der Waals surface area contributed by atoms with Crippen molar-refractivity contribution in [3.8, 4) is 5.75 Å². The van der Waals surface area contributed by atoms with E-state index in [0.717, 1.165) is 24.2 Å². The van der Waals surface area contributed by atoms with Crippen molar-refractivity contribution in [2.75, 3.05) is 32.1 Å². The van der Waals surface area contributed by atoms with Crippen molar-refractivity contribution >= 4 is 28.3 Å². The van der Waals surface area contributed by atoms with E-state index in [1.807, 2.05) is 24.3 Å². The Labute approximate surface area is 162 Å². The third-order valence-electron chi connectivity index (χ3n) is 4.33. The summed E-state index contributed by atoms with van der Waals surface area (Å²) in [6, 6.07) is 7.36. The van der Waals surface area contributed by atoms with Crippen molar-refractivity contribution < 1.29 is 19.1 Å². The third-order valence-corrected chi connectivity index (χ3v) is 5.02. The van der Waals surface area contributed by atoms with Gasteiger partial charge in [-0.05, 0) is 30.5 Å². The van der Waals surface area contributed by atoms with Crippen LogP contribution in [0.15, 0.2) is 35.8 Å². The number of benzene rings is 1. The van der Waals surface area contributed by atoms with Crippen molar-refractivity contribution in [1.29, 1.82) is 0 Å². The number of anilines is 1. The average molecular weight is 389 g/mol. The van der Waals surface area contributed by atoms with Crippen molar-refractivity contribution in [2.24, 2.45) is 0 Å². The van der Waals surface area contributed by atoms with Crippen LogP contribution in [0.3, 0.4) is 0 Å². The topological polar surface area (TPSA) is 80.8 Å². The largest absolute Gasteiger partial charge is 0.497 e. The van der Waals surface area contributed by atoms with E-state index in [0.29, 0.717) is 18.3 Å². The van der Waals surface area contributed by atoms with Gasteiger partial charge in [0.25, 0.3) is 0 Å². The molecule has 27 heavy (non-hydrogen) atoms. The summed E-state index contributed by atoms with van der Waals surface area (Å²) in [5.74, 6) is 0.376. The maximum absolute atomic E-state index is 12.8. The fourth-order valence-corrected chi connectivity index (χ4v) is 3.48. The van der Waals surface area contributed by atoms with Crippen LogP contribution in [-0.4, -0.2) is 54.6 Å². The highest BCUT2D eigenvalue weighted by atomic mass is 32.1. The van der Waals surface area contributed by atoms with Crippen LogP contribution in [0.2, 0.25) is 0 Å². The van der Waals surface area contributed by atoms with Crippen LogP contribution in [-0.2, 0) is 20.7 Å². The van der Waals surface area contributed by atoms with E-state index in [4.69, 9.17) is 9.47 Å². The van der Waals surface area contributed by atoms with E-state index in [9.17, 15) is 9.59 Å². The molecule has 2 amide bonds. The summed E-state index contributed by atoms with van der Waals surface area (Å²) in [6.45, 7) is 1.10. The Kier molecular flexibility index (Phi) is 6.78. The van der Waals surface area contributed by atoms with Crippen LogP contribution < -0.4 is 10.1 Å². The molecule has 0 radical (unpaired) electrons. The van der Waals surface area contributed by atoms with Gasteiger partial charge >= 0.3 is 0 Å². The highest BCUT2D eigenvalue weighted by Crippen LogP contribution is 2.16. The summed E-state index contributed by atoms with van der Waals surface area (Å²) in [5, 5.41) is 5.04. The van der Waals surface area contributed by atoms with Crippen molar-refractivity contribution in [1.82, 2.24) is 9.88 Å². The summed E-state index contributed by atoms with van der Waals surface area (Å²) >= 11 is 1.34. The molecule has 3 rings (SSSR count). The average Bonchev–Trinajstić information content (AvgIpc) is 3.36. The zero-order valence-electron chi connectivity index (χ0n) is 15.2. The second kappa shape index (κ2) is 9.48. The van der Waals surface area contributed by atoms with Crippen molar-refractivity contribution in [2.45, 2.75) is 25.4 Å². The van der Waals surface area contributed by atoms with Crippen LogP contribution in [0.5, 0.6) is 5.75 Å². The molecule has 0 bridgehead atoms. The number of hydrogen-bond acceptors (Lipinski definition) is 6. The van der Waals surface area contributed by atoms with Crippen LogP contribution in [0.4, 0.5) is 5.13 Å². The lowest BCUT2D eigenvalue weighted by Gasteiger charge is -2.25. The fourth-order valence-electron chi connectivity index (χ4n) is 2.94. The lowest BCUT2D eigenvalue weighted by atomic mass is 10.1. The minimum Gasteiger partial charge on any atom is -0.497 e. The zero-order valence-corrected chi connectivity index (χ0v) is 16.0. The Balaban J connectivity index is 1.63. The number of nitrogens with zero attached hydrogens (tertiary/aromatic N) is 2. The number of methoxy groups -OCH3 is 1. The molecule has 1 fully saturated rings. The molecule has 1 aromatic heterocycles. The maximum atomic E-state index is 12.8. The number of amides is 2. The van der Waals surface area contributed by atoms with Gasteiger partial charge in [-0.2, -0.15) is 0 Å². The Hall–Kier alpha value is -2.45. The lowest BCUT2D eigenvalue weighted by Crippen LogP contribution is -2.43. The summed E-state index contributed by atoms with van der Waals surface area (Å²) in [4.78, 5) is 30.8. The highest BCUT2D eigenvalue weighted by molar-refractivity contribution is 7.13. The molecule has 2 aromatic rings. The monoisotopic (exact) mass is 389 g/mol. The first kappa shape index (κ1) is 19.3. The first-order valence-electron chi connectivity index (χ1n) is 8.85. The number of thiazole rings is 1. The van der Waals surface area contributed by atoms with Gasteiger partial charge < -0.3 is 19.7 Å². The number of rotatable bonds is 8. The van der Waals surface area contributed by atoms with E-state index in [1.54, 1.807) is 23.6 Å². The number of carbonyl (C=O) groups excluding carboxylic acids is 2. The van der Waals surface area contributed by atoms with E-state index >= 15 is 0 Å². The summed E-state index contributed by atoms with van der Waals surface area (Å²) in [6.07, 6.45) is 3.72. The molecule has 0 aliphatic carbocycles. The van der Waals surface area contributed by atoms with E-state index in [-0.39, 0.29) is 30.9 Å². The number of aromatic nitrogens is 1. The molecule has 2 heterocycles. The normalized spacial score (nSPS) is 16.1. The van der Waals surface area contributed by atoms with E-state index in [2.05, 4.69) is 10.3 Å². The SMILES string of the molecule is COc1ccc(CC(=O)N(CC(=O)Nc2nccs2)CC2CCCO2)cc1. The molecule has 0 saturated carbocycles. The summed E-state index contributed by atoms with van der Waals surface area (Å²) < 4.78 is 10.8. The van der Waals surface area contributed by atoms with Gasteiger partial charge in [-0.25, -0.2) is 4.98 Å². The molecular formula is C19H23N3O4S. The predicted molar refractivity (Wildman–Crippen MR) is 103 cm³/mol. The van der Waals surface area contributed by atoms with Gasteiger partial charge in [-0.1, -0.05) is 12.1 Å². The molecule has 1 aliphatic rings. The standard InChI is InChI=1S/C19H23N3O4S/c1-25-15-6-4-14(5-7-15)11-18(24)22(12-16-3-2-9-26-16)13-17(23)21-19-20-8-10-27-19/h4-8,10,16H,2-3,9,11-13H2,1H3,(H,20,21,23). The molecule has 1 aromatic carbocycles. The molecule has 1 unspecified atom stereocenters.